The van der Waals surface area contributed by atoms with E-state index in [9.17, 15) is 14.9 Å². The van der Waals surface area contributed by atoms with Crippen molar-refractivity contribution in [1.82, 2.24) is 10.9 Å². The molecule has 8 heteroatoms. The number of benzene rings is 4. The second kappa shape index (κ2) is 11.7. The van der Waals surface area contributed by atoms with Crippen molar-refractivity contribution in [1.29, 1.82) is 0 Å². The molecule has 1 heterocycles. The van der Waals surface area contributed by atoms with Crippen LogP contribution in [0.15, 0.2) is 132 Å². The third-order valence-corrected chi connectivity index (χ3v) is 6.16. The van der Waals surface area contributed by atoms with Crippen LogP contribution in [0.3, 0.4) is 0 Å². The minimum atomic E-state index is -0.649. The van der Waals surface area contributed by atoms with Crippen LogP contribution in [0.25, 0.3) is 6.08 Å². The van der Waals surface area contributed by atoms with Crippen molar-refractivity contribution >= 4 is 29.6 Å². The Labute approximate surface area is 225 Å². The first kappa shape index (κ1) is 25.2. The highest BCUT2D eigenvalue weighted by atomic mass is 16.6. The summed E-state index contributed by atoms with van der Waals surface area (Å²) in [6.45, 7) is 0. The predicted molar refractivity (Wildman–Crippen MR) is 153 cm³/mol. The van der Waals surface area contributed by atoms with E-state index in [1.165, 1.54) is 24.4 Å². The van der Waals surface area contributed by atoms with Gasteiger partial charge >= 0.3 is 0 Å². The number of allylic oxidation sites excluding steroid dienone is 1. The van der Waals surface area contributed by atoms with Gasteiger partial charge in [0.15, 0.2) is 0 Å². The van der Waals surface area contributed by atoms with E-state index in [1.807, 2.05) is 60.7 Å². The topological polar surface area (TPSA) is 99.9 Å². The normalized spacial score (nSPS) is 14.8. The molecule has 0 fully saturated rings. The van der Waals surface area contributed by atoms with Gasteiger partial charge in [0.25, 0.3) is 11.6 Å². The van der Waals surface area contributed by atoms with Crippen molar-refractivity contribution in [3.63, 3.8) is 0 Å². The number of nitrogens with one attached hydrogen (secondary N) is 2. The lowest BCUT2D eigenvalue weighted by atomic mass is 10.1. The number of nitrogens with zero attached hydrogens (tertiary/aromatic N) is 3. The molecule has 39 heavy (non-hydrogen) atoms. The molecule has 0 aliphatic carbocycles. The molecule has 2 N–H and O–H groups in total. The molecule has 1 aliphatic rings. The van der Waals surface area contributed by atoms with Gasteiger partial charge in [-0.15, -0.1) is 0 Å². The molecule has 0 radical (unpaired) electrons. The lowest BCUT2D eigenvalue weighted by molar-refractivity contribution is -0.385. The van der Waals surface area contributed by atoms with Crippen LogP contribution in [0.2, 0.25) is 0 Å². The zero-order valence-electron chi connectivity index (χ0n) is 20.8. The Bertz CT molecular complexity index is 1550. The smallest absolute Gasteiger partial charge is 0.282 e. The number of carbonyl (C=O) groups is 1. The maximum absolute atomic E-state index is 12.4. The van der Waals surface area contributed by atoms with E-state index in [1.54, 1.807) is 6.07 Å². The first-order chi connectivity index (χ1) is 19.1. The third-order valence-electron chi connectivity index (χ3n) is 6.16. The van der Waals surface area contributed by atoms with Gasteiger partial charge in [-0.05, 0) is 47.0 Å². The number of hydrogen-bond acceptors (Lipinski definition) is 6. The van der Waals surface area contributed by atoms with Gasteiger partial charge in [-0.2, -0.15) is 5.10 Å². The molecule has 0 spiro atoms. The molecule has 0 bridgehead atoms. The first-order valence-electron chi connectivity index (χ1n) is 12.3. The van der Waals surface area contributed by atoms with E-state index in [2.05, 4.69) is 63.5 Å². The molecule has 0 saturated heterocycles. The Kier molecular flexibility index (Phi) is 7.55. The van der Waals surface area contributed by atoms with Crippen molar-refractivity contribution in [3.05, 3.63) is 159 Å². The number of nitro groups is 1. The minimum Gasteiger partial charge on any atom is -0.298 e. The van der Waals surface area contributed by atoms with E-state index in [0.29, 0.717) is 0 Å². The number of rotatable bonds is 8. The number of nitro benzene ring substituents is 1. The maximum Gasteiger partial charge on any atom is 0.282 e. The Morgan fingerprint density at radius 2 is 1.51 bits per heavy atom. The monoisotopic (exact) mass is 515 g/mol. The summed E-state index contributed by atoms with van der Waals surface area (Å²) in [6.07, 6.45) is 7.81. The van der Waals surface area contributed by atoms with Gasteiger partial charge in [-0.3, -0.25) is 25.3 Å². The average Bonchev–Trinajstić information content (AvgIpc) is 3.42. The van der Waals surface area contributed by atoms with Gasteiger partial charge in [0.1, 0.15) is 5.56 Å². The van der Waals surface area contributed by atoms with Crippen LogP contribution in [0, 0.1) is 10.1 Å². The van der Waals surface area contributed by atoms with Gasteiger partial charge in [-0.1, -0.05) is 91.0 Å². The largest absolute Gasteiger partial charge is 0.298 e. The second-order valence-electron chi connectivity index (χ2n) is 8.77. The van der Waals surface area contributed by atoms with Crippen LogP contribution in [0.5, 0.6) is 0 Å². The molecule has 1 atom stereocenters. The van der Waals surface area contributed by atoms with E-state index in [-0.39, 0.29) is 17.3 Å². The molecule has 0 saturated carbocycles. The second-order valence-corrected chi connectivity index (χ2v) is 8.77. The van der Waals surface area contributed by atoms with Crippen molar-refractivity contribution in [2.45, 2.75) is 6.04 Å². The van der Waals surface area contributed by atoms with Gasteiger partial charge < -0.3 is 0 Å². The average molecular weight is 516 g/mol. The maximum atomic E-state index is 12.4. The lowest BCUT2D eigenvalue weighted by Gasteiger charge is -2.27. The summed E-state index contributed by atoms with van der Waals surface area (Å²) in [7, 11) is 0. The van der Waals surface area contributed by atoms with E-state index in [0.717, 1.165) is 28.1 Å². The van der Waals surface area contributed by atoms with Crippen LogP contribution in [-0.2, 0) is 0 Å². The number of hydrazone groups is 1. The summed E-state index contributed by atoms with van der Waals surface area (Å²) in [6, 6.07) is 33.8. The number of amides is 1. The third kappa shape index (κ3) is 6.08. The predicted octanol–water partition coefficient (Wildman–Crippen LogP) is 6.02. The summed E-state index contributed by atoms with van der Waals surface area (Å²) in [5.41, 5.74) is 10.5. The fourth-order valence-corrected chi connectivity index (χ4v) is 4.23. The van der Waals surface area contributed by atoms with Crippen LogP contribution in [0.4, 0.5) is 11.4 Å². The van der Waals surface area contributed by atoms with E-state index >= 15 is 0 Å². The summed E-state index contributed by atoms with van der Waals surface area (Å²) >= 11 is 0. The fourth-order valence-electron chi connectivity index (χ4n) is 4.23. The van der Waals surface area contributed by atoms with Crippen LogP contribution >= 0.6 is 0 Å². The molecule has 8 nitrogen and oxygen atoms in total. The quantitative estimate of drug-likeness (QED) is 0.170. The molecular formula is C31H25N5O3. The van der Waals surface area contributed by atoms with Crippen molar-refractivity contribution < 1.29 is 9.72 Å². The fraction of sp³-hybridized carbons (Fsp3) is 0.0323. The molecule has 0 aromatic heterocycles. The van der Waals surface area contributed by atoms with Crippen LogP contribution in [0.1, 0.15) is 33.1 Å². The number of para-hydroxylation sites is 1. The standard InChI is InChI=1S/C31H25N5O3/c37-31(28-13-7-8-14-29(28)36(38)39)33-32-22-24-16-19-27(20-17-24)35-30(25-11-5-2-6-12-25)21-26(34-35)18-15-23-9-3-1-4-10-23/h1-22,30,34H,(H,33,37). The number of carbonyl (C=O) groups excluding carboxylic acids is 1. The van der Waals surface area contributed by atoms with Gasteiger partial charge in [0, 0.05) is 6.07 Å². The number of anilines is 1. The van der Waals surface area contributed by atoms with Crippen molar-refractivity contribution in [2.75, 3.05) is 5.01 Å². The molecule has 4 aromatic carbocycles. The Balaban J connectivity index is 1.30. The van der Waals surface area contributed by atoms with Gasteiger partial charge in [-0.25, -0.2) is 5.43 Å². The lowest BCUT2D eigenvalue weighted by Crippen LogP contribution is -2.34. The minimum absolute atomic E-state index is 0.0120. The molecule has 1 amide bonds. The van der Waals surface area contributed by atoms with Crippen molar-refractivity contribution in [3.8, 4) is 0 Å². The summed E-state index contributed by atoms with van der Waals surface area (Å²) in [5.74, 6) is -0.649. The molecular weight excluding hydrogens is 490 g/mol. The molecule has 5 rings (SSSR count). The summed E-state index contributed by atoms with van der Waals surface area (Å²) in [4.78, 5) is 23.0. The number of hydrogen-bond donors (Lipinski definition) is 2. The summed E-state index contributed by atoms with van der Waals surface area (Å²) in [5, 5.41) is 17.2. The zero-order chi connectivity index (χ0) is 27.0. The van der Waals surface area contributed by atoms with Crippen LogP contribution < -0.4 is 15.9 Å². The highest BCUT2D eigenvalue weighted by Crippen LogP contribution is 2.32. The Morgan fingerprint density at radius 3 is 2.23 bits per heavy atom. The summed E-state index contributed by atoms with van der Waals surface area (Å²) < 4.78 is 0. The molecule has 1 unspecified atom stereocenters. The Morgan fingerprint density at radius 1 is 0.846 bits per heavy atom. The van der Waals surface area contributed by atoms with Gasteiger partial charge in [0.05, 0.1) is 28.6 Å². The van der Waals surface area contributed by atoms with Crippen molar-refractivity contribution in [2.24, 2.45) is 5.10 Å². The van der Waals surface area contributed by atoms with E-state index in [4.69, 9.17) is 0 Å². The first-order valence-corrected chi connectivity index (χ1v) is 12.3. The molecule has 4 aromatic rings. The molecule has 1 aliphatic heterocycles. The highest BCUT2D eigenvalue weighted by Gasteiger charge is 2.25. The zero-order valence-corrected chi connectivity index (χ0v) is 20.8. The van der Waals surface area contributed by atoms with E-state index < -0.39 is 10.8 Å². The highest BCUT2D eigenvalue weighted by molar-refractivity contribution is 5.98. The Hall–Kier alpha value is -5.50. The SMILES string of the molecule is O=C(NN=Cc1ccc(N2NC(C=Cc3ccccc3)=CC2c2ccccc2)cc1)c1ccccc1[N+](=O)[O-]. The number of hydrazine groups is 1. The van der Waals surface area contributed by atoms with Gasteiger partial charge in [0.2, 0.25) is 0 Å². The van der Waals surface area contributed by atoms with Crippen LogP contribution in [-0.4, -0.2) is 17.0 Å². The molecule has 192 valence electrons.